The number of aromatic nitrogens is 3. The molecule has 8 heteroatoms. The molecule has 23 heavy (non-hydrogen) atoms. The van der Waals surface area contributed by atoms with E-state index in [4.69, 9.17) is 28.6 Å². The largest absolute Gasteiger partial charge is 0.496 e. The van der Waals surface area contributed by atoms with E-state index in [1.54, 1.807) is 18.2 Å². The van der Waals surface area contributed by atoms with E-state index in [2.05, 4.69) is 15.5 Å². The van der Waals surface area contributed by atoms with Crippen molar-refractivity contribution in [2.24, 2.45) is 0 Å². The molecule has 0 atom stereocenters. The van der Waals surface area contributed by atoms with E-state index in [0.717, 1.165) is 5.82 Å². The molecule has 6 nitrogen and oxygen atoms in total. The number of halogens is 1. The van der Waals surface area contributed by atoms with Crippen molar-refractivity contribution in [3.8, 4) is 5.75 Å². The quantitative estimate of drug-likeness (QED) is 0.782. The Bertz CT molecular complexity index is 754. The van der Waals surface area contributed by atoms with Crippen LogP contribution in [-0.2, 0) is 6.42 Å². The molecule has 1 aromatic heterocycles. The molecule has 0 radical (unpaired) electrons. The second-order valence-corrected chi connectivity index (χ2v) is 6.08. The number of hydrogen-bond acceptors (Lipinski definition) is 4. The van der Waals surface area contributed by atoms with Crippen LogP contribution in [0.5, 0.6) is 5.75 Å². The summed E-state index contributed by atoms with van der Waals surface area (Å²) in [5.41, 5.74) is 0.444. The number of ether oxygens (including phenoxy) is 1. The van der Waals surface area contributed by atoms with Crippen LogP contribution in [0.1, 0.15) is 36.1 Å². The third kappa shape index (κ3) is 4.11. The van der Waals surface area contributed by atoms with E-state index >= 15 is 0 Å². The number of nitrogens with one attached hydrogen (secondary N) is 2. The van der Waals surface area contributed by atoms with E-state index in [0.29, 0.717) is 34.1 Å². The summed E-state index contributed by atoms with van der Waals surface area (Å²) in [5, 5.41) is 10.4. The lowest BCUT2D eigenvalue weighted by Crippen LogP contribution is -2.27. The maximum atomic E-state index is 12.3. The van der Waals surface area contributed by atoms with Gasteiger partial charge >= 0.3 is 0 Å². The van der Waals surface area contributed by atoms with Gasteiger partial charge in [-0.05, 0) is 44.3 Å². The molecular weight excluding hydrogens is 336 g/mol. The van der Waals surface area contributed by atoms with E-state index < -0.39 is 0 Å². The van der Waals surface area contributed by atoms with Gasteiger partial charge < -0.3 is 14.6 Å². The molecule has 124 valence electrons. The highest BCUT2D eigenvalue weighted by Gasteiger charge is 2.13. The van der Waals surface area contributed by atoms with Crippen molar-refractivity contribution >= 4 is 29.7 Å². The van der Waals surface area contributed by atoms with E-state index in [9.17, 15) is 4.79 Å². The molecule has 1 amide bonds. The van der Waals surface area contributed by atoms with Crippen LogP contribution in [0.3, 0.4) is 0 Å². The van der Waals surface area contributed by atoms with Gasteiger partial charge in [-0.1, -0.05) is 11.6 Å². The Morgan fingerprint density at radius 1 is 1.52 bits per heavy atom. The number of amides is 1. The zero-order valence-electron chi connectivity index (χ0n) is 13.2. The van der Waals surface area contributed by atoms with Crippen molar-refractivity contribution in [3.05, 3.63) is 39.4 Å². The first-order valence-corrected chi connectivity index (χ1v) is 8.00. The summed E-state index contributed by atoms with van der Waals surface area (Å²) in [6, 6.07) is 5.12. The normalized spacial score (nSPS) is 10.8. The Hall–Kier alpha value is -1.86. The molecule has 0 aliphatic heterocycles. The van der Waals surface area contributed by atoms with Crippen LogP contribution in [0, 0.1) is 4.77 Å². The molecule has 0 fully saturated rings. The van der Waals surface area contributed by atoms with Crippen LogP contribution in [0.4, 0.5) is 0 Å². The Kier molecular flexibility index (Phi) is 5.79. The number of hydrogen-bond donors (Lipinski definition) is 2. The molecule has 0 bridgehead atoms. The SMILES string of the molecule is COc1cc(Cl)ccc1C(=O)NCCc1n[nH]c(=S)n1C(C)C. The number of H-pyrrole nitrogens is 1. The van der Waals surface area contributed by atoms with Gasteiger partial charge in [0.2, 0.25) is 0 Å². The van der Waals surface area contributed by atoms with Gasteiger partial charge in [0.15, 0.2) is 4.77 Å². The number of nitrogens with zero attached hydrogens (tertiary/aromatic N) is 2. The second-order valence-electron chi connectivity index (χ2n) is 5.26. The van der Waals surface area contributed by atoms with E-state index in [-0.39, 0.29) is 11.9 Å². The van der Waals surface area contributed by atoms with Crippen LogP contribution in [0.25, 0.3) is 0 Å². The van der Waals surface area contributed by atoms with Crippen molar-refractivity contribution < 1.29 is 9.53 Å². The highest BCUT2D eigenvalue weighted by Crippen LogP contribution is 2.22. The number of benzene rings is 1. The Morgan fingerprint density at radius 2 is 2.26 bits per heavy atom. The van der Waals surface area contributed by atoms with Gasteiger partial charge in [0.05, 0.1) is 12.7 Å². The number of rotatable bonds is 6. The fraction of sp³-hybridized carbons (Fsp3) is 0.400. The van der Waals surface area contributed by atoms with Crippen molar-refractivity contribution in [1.82, 2.24) is 20.1 Å². The first-order valence-electron chi connectivity index (χ1n) is 7.21. The average molecular weight is 355 g/mol. The first-order chi connectivity index (χ1) is 10.9. The molecule has 0 aliphatic carbocycles. The summed E-state index contributed by atoms with van der Waals surface area (Å²) in [6.45, 7) is 4.51. The van der Waals surface area contributed by atoms with Crippen molar-refractivity contribution in [3.63, 3.8) is 0 Å². The number of carbonyl (C=O) groups excluding carboxylic acids is 1. The topological polar surface area (TPSA) is 71.9 Å². The smallest absolute Gasteiger partial charge is 0.255 e. The molecule has 0 aliphatic rings. The molecule has 2 N–H and O–H groups in total. The fourth-order valence-corrected chi connectivity index (χ4v) is 2.81. The first kappa shape index (κ1) is 17.5. The number of methoxy groups -OCH3 is 1. The standard InChI is InChI=1S/C15H19ClN4O2S/c1-9(2)20-13(18-19-15(20)23)6-7-17-14(21)11-5-4-10(16)8-12(11)22-3/h4-5,8-9H,6-7H2,1-3H3,(H,17,21)(H,19,23). The lowest BCUT2D eigenvalue weighted by atomic mass is 10.2. The van der Waals surface area contributed by atoms with Crippen LogP contribution >= 0.6 is 23.8 Å². The van der Waals surface area contributed by atoms with Crippen LogP contribution in [0.15, 0.2) is 18.2 Å². The third-order valence-corrected chi connectivity index (χ3v) is 3.86. The highest BCUT2D eigenvalue weighted by atomic mass is 35.5. The van der Waals surface area contributed by atoms with Gasteiger partial charge in [0.1, 0.15) is 11.6 Å². The Balaban J connectivity index is 2.02. The van der Waals surface area contributed by atoms with Gasteiger partial charge in [-0.3, -0.25) is 9.89 Å². The highest BCUT2D eigenvalue weighted by molar-refractivity contribution is 7.71. The molecule has 0 spiro atoms. The molecule has 2 rings (SSSR count). The minimum atomic E-state index is -0.219. The third-order valence-electron chi connectivity index (χ3n) is 3.34. The lowest BCUT2D eigenvalue weighted by molar-refractivity contribution is 0.0951. The summed E-state index contributed by atoms with van der Waals surface area (Å²) in [4.78, 5) is 12.3. The van der Waals surface area contributed by atoms with E-state index in [1.807, 2.05) is 18.4 Å². The molecule has 2 aromatic rings. The van der Waals surface area contributed by atoms with E-state index in [1.165, 1.54) is 7.11 Å². The maximum absolute atomic E-state index is 12.3. The van der Waals surface area contributed by atoms with Gasteiger partial charge in [-0.25, -0.2) is 0 Å². The molecule has 1 heterocycles. The zero-order valence-corrected chi connectivity index (χ0v) is 14.8. The number of carbonyl (C=O) groups is 1. The van der Waals surface area contributed by atoms with Gasteiger partial charge in [0.25, 0.3) is 5.91 Å². The van der Waals surface area contributed by atoms with Crippen LogP contribution < -0.4 is 10.1 Å². The van der Waals surface area contributed by atoms with Crippen molar-refractivity contribution in [2.75, 3.05) is 13.7 Å². The molecule has 0 saturated heterocycles. The minimum absolute atomic E-state index is 0.211. The lowest BCUT2D eigenvalue weighted by Gasteiger charge is -2.12. The summed E-state index contributed by atoms with van der Waals surface area (Å²) in [6.07, 6.45) is 0.576. The minimum Gasteiger partial charge on any atom is -0.496 e. The molecule has 0 unspecified atom stereocenters. The maximum Gasteiger partial charge on any atom is 0.255 e. The second kappa shape index (κ2) is 7.61. The van der Waals surface area contributed by atoms with Crippen molar-refractivity contribution in [1.29, 1.82) is 0 Å². The van der Waals surface area contributed by atoms with Gasteiger partial charge in [-0.2, -0.15) is 5.10 Å². The fourth-order valence-electron chi connectivity index (χ4n) is 2.28. The summed E-state index contributed by atoms with van der Waals surface area (Å²) in [7, 11) is 1.50. The predicted molar refractivity (Wildman–Crippen MR) is 91.8 cm³/mol. The van der Waals surface area contributed by atoms with Crippen LogP contribution in [-0.4, -0.2) is 34.3 Å². The molecular formula is C15H19ClN4O2S. The average Bonchev–Trinajstić information content (AvgIpc) is 2.87. The predicted octanol–water partition coefficient (Wildman–Crippen LogP) is 3.16. The molecule has 1 aromatic carbocycles. The van der Waals surface area contributed by atoms with Gasteiger partial charge in [0, 0.05) is 24.0 Å². The zero-order chi connectivity index (χ0) is 17.0. The summed E-state index contributed by atoms with van der Waals surface area (Å²) in [5.74, 6) is 1.04. The molecule has 0 saturated carbocycles. The summed E-state index contributed by atoms with van der Waals surface area (Å²) >= 11 is 11.1. The summed E-state index contributed by atoms with van der Waals surface area (Å²) < 4.78 is 7.70. The Labute approximate surface area is 144 Å². The van der Waals surface area contributed by atoms with Crippen LogP contribution in [0.2, 0.25) is 5.02 Å². The Morgan fingerprint density at radius 3 is 2.91 bits per heavy atom. The number of aromatic amines is 1. The van der Waals surface area contributed by atoms with Crippen molar-refractivity contribution in [2.45, 2.75) is 26.3 Å². The monoisotopic (exact) mass is 354 g/mol. The van der Waals surface area contributed by atoms with Gasteiger partial charge in [-0.15, -0.1) is 0 Å².